The number of hydrogen-bond acceptors (Lipinski definition) is 2. The molecule has 5 heteroatoms. The van der Waals surface area contributed by atoms with Gasteiger partial charge in [0, 0.05) is 6.54 Å². The van der Waals surface area contributed by atoms with Crippen molar-refractivity contribution in [3.8, 4) is 0 Å². The molecule has 5 nitrogen and oxygen atoms in total. The first kappa shape index (κ1) is 15.7. The van der Waals surface area contributed by atoms with Gasteiger partial charge in [0.2, 0.25) is 0 Å². The molecule has 0 aromatic carbocycles. The highest BCUT2D eigenvalue weighted by Gasteiger charge is 2.13. The number of nitrogens with one attached hydrogen (secondary N) is 1. The standard InChI is InChI=1S/C8H16.C4H8N2O3/c1-7-4-3-5-8(2)6-7;5-4(9)6-2-1-3(7)8/h7-8H,3-6H2,1-2H3;1-2H2,(H,7,8)(H3,5,6,9). The average molecular weight is 244 g/mol. The van der Waals surface area contributed by atoms with E-state index in [2.05, 4.69) is 24.9 Å². The molecule has 0 aromatic rings. The number of primary amides is 1. The fourth-order valence-corrected chi connectivity index (χ4v) is 2.03. The van der Waals surface area contributed by atoms with Crippen LogP contribution in [-0.2, 0) is 4.79 Å². The number of hydrogen-bond donors (Lipinski definition) is 3. The fourth-order valence-electron chi connectivity index (χ4n) is 2.03. The van der Waals surface area contributed by atoms with Gasteiger partial charge in [0.15, 0.2) is 0 Å². The molecule has 1 saturated carbocycles. The van der Waals surface area contributed by atoms with Crippen molar-refractivity contribution in [1.29, 1.82) is 0 Å². The van der Waals surface area contributed by atoms with Crippen LogP contribution in [0.2, 0.25) is 0 Å². The zero-order valence-electron chi connectivity index (χ0n) is 10.7. The van der Waals surface area contributed by atoms with Gasteiger partial charge in [-0.25, -0.2) is 4.79 Å². The lowest BCUT2D eigenvalue weighted by atomic mass is 9.84. The van der Waals surface area contributed by atoms with Gasteiger partial charge in [0.05, 0.1) is 6.42 Å². The Kier molecular flexibility index (Phi) is 8.19. The molecule has 0 aromatic heterocycles. The Labute approximate surface area is 103 Å². The molecule has 17 heavy (non-hydrogen) atoms. The average Bonchev–Trinajstić information content (AvgIpc) is 2.16. The Morgan fingerprint density at radius 1 is 1.29 bits per heavy atom. The van der Waals surface area contributed by atoms with Crippen LogP contribution < -0.4 is 11.1 Å². The van der Waals surface area contributed by atoms with Crippen LogP contribution in [0, 0.1) is 11.8 Å². The number of aliphatic carboxylic acids is 1. The lowest BCUT2D eigenvalue weighted by Crippen LogP contribution is -2.31. The van der Waals surface area contributed by atoms with Gasteiger partial charge in [0.25, 0.3) is 0 Å². The van der Waals surface area contributed by atoms with E-state index in [1.807, 2.05) is 0 Å². The maximum atomic E-state index is 9.90. The predicted molar refractivity (Wildman–Crippen MR) is 66.6 cm³/mol. The van der Waals surface area contributed by atoms with E-state index >= 15 is 0 Å². The van der Waals surface area contributed by atoms with E-state index in [0.29, 0.717) is 0 Å². The molecule has 1 fully saturated rings. The van der Waals surface area contributed by atoms with Crippen molar-refractivity contribution in [3.63, 3.8) is 0 Å². The van der Waals surface area contributed by atoms with Crippen molar-refractivity contribution < 1.29 is 14.7 Å². The van der Waals surface area contributed by atoms with E-state index in [1.165, 1.54) is 25.7 Å². The van der Waals surface area contributed by atoms with Gasteiger partial charge in [-0.15, -0.1) is 0 Å². The predicted octanol–water partition coefficient (Wildman–Crippen LogP) is 1.96. The second kappa shape index (κ2) is 8.84. The summed E-state index contributed by atoms with van der Waals surface area (Å²) in [6, 6.07) is -0.698. The summed E-state index contributed by atoms with van der Waals surface area (Å²) in [5.41, 5.74) is 4.64. The number of carboxylic acids is 1. The number of carboxylic acid groups (broad SMARTS) is 1. The van der Waals surface area contributed by atoms with Gasteiger partial charge < -0.3 is 16.2 Å². The molecule has 0 aliphatic heterocycles. The third-order valence-electron chi connectivity index (χ3n) is 2.84. The molecular formula is C12H24N2O3. The van der Waals surface area contributed by atoms with Crippen molar-refractivity contribution in [2.75, 3.05) is 6.54 Å². The summed E-state index contributed by atoms with van der Waals surface area (Å²) >= 11 is 0. The number of carbonyl (C=O) groups excluding carboxylic acids is 1. The van der Waals surface area contributed by atoms with Gasteiger partial charge in [-0.05, 0) is 18.3 Å². The van der Waals surface area contributed by atoms with E-state index in [0.717, 1.165) is 11.8 Å². The molecule has 2 amide bonds. The van der Waals surface area contributed by atoms with Gasteiger partial charge in [-0.1, -0.05) is 33.1 Å². The number of amides is 2. The third kappa shape index (κ3) is 11.0. The molecule has 1 aliphatic rings. The number of nitrogens with two attached hydrogens (primary N) is 1. The lowest BCUT2D eigenvalue weighted by Gasteiger charge is -2.22. The van der Waals surface area contributed by atoms with Crippen molar-refractivity contribution >= 4 is 12.0 Å². The highest BCUT2D eigenvalue weighted by Crippen LogP contribution is 2.27. The normalized spacial score (nSPS) is 23.2. The van der Waals surface area contributed by atoms with E-state index in [1.54, 1.807) is 0 Å². The van der Waals surface area contributed by atoms with E-state index in [9.17, 15) is 9.59 Å². The van der Waals surface area contributed by atoms with Gasteiger partial charge in [-0.2, -0.15) is 0 Å². The first-order valence-corrected chi connectivity index (χ1v) is 6.17. The fraction of sp³-hybridized carbons (Fsp3) is 0.833. The quantitative estimate of drug-likeness (QED) is 0.708. The van der Waals surface area contributed by atoms with Crippen LogP contribution in [0.1, 0.15) is 46.0 Å². The van der Waals surface area contributed by atoms with Crippen molar-refractivity contribution in [1.82, 2.24) is 5.32 Å². The van der Waals surface area contributed by atoms with Gasteiger partial charge in [0.1, 0.15) is 0 Å². The zero-order valence-corrected chi connectivity index (χ0v) is 10.7. The molecule has 2 atom stereocenters. The minimum Gasteiger partial charge on any atom is -0.481 e. The minimum absolute atomic E-state index is 0.0880. The van der Waals surface area contributed by atoms with Crippen LogP contribution in [0.5, 0.6) is 0 Å². The van der Waals surface area contributed by atoms with Crippen LogP contribution in [0.4, 0.5) is 4.79 Å². The molecular weight excluding hydrogens is 220 g/mol. The molecule has 1 rings (SSSR count). The maximum absolute atomic E-state index is 9.90. The SMILES string of the molecule is CC1CCCC(C)C1.NC(=O)NCCC(=O)O. The largest absolute Gasteiger partial charge is 0.481 e. The van der Waals surface area contributed by atoms with Crippen molar-refractivity contribution in [2.45, 2.75) is 46.0 Å². The Morgan fingerprint density at radius 3 is 2.12 bits per heavy atom. The molecule has 100 valence electrons. The molecule has 0 saturated heterocycles. The molecule has 0 spiro atoms. The second-order valence-corrected chi connectivity index (χ2v) is 4.81. The van der Waals surface area contributed by atoms with Crippen LogP contribution in [0.3, 0.4) is 0 Å². The molecule has 2 unspecified atom stereocenters. The van der Waals surface area contributed by atoms with Crippen molar-refractivity contribution in [3.05, 3.63) is 0 Å². The van der Waals surface area contributed by atoms with Crippen LogP contribution in [0.15, 0.2) is 0 Å². The van der Waals surface area contributed by atoms with E-state index in [-0.39, 0.29) is 13.0 Å². The summed E-state index contributed by atoms with van der Waals surface area (Å²) in [7, 11) is 0. The molecule has 0 bridgehead atoms. The van der Waals surface area contributed by atoms with Gasteiger partial charge in [-0.3, -0.25) is 4.79 Å². The molecule has 0 heterocycles. The first-order valence-electron chi connectivity index (χ1n) is 6.17. The maximum Gasteiger partial charge on any atom is 0.312 e. The monoisotopic (exact) mass is 244 g/mol. The summed E-state index contributed by atoms with van der Waals surface area (Å²) in [5, 5.41) is 10.2. The Bertz CT molecular complexity index is 222. The van der Waals surface area contributed by atoms with E-state index < -0.39 is 12.0 Å². The highest BCUT2D eigenvalue weighted by atomic mass is 16.4. The van der Waals surface area contributed by atoms with Crippen LogP contribution in [-0.4, -0.2) is 23.7 Å². The number of rotatable bonds is 3. The summed E-state index contributed by atoms with van der Waals surface area (Å²) in [6.07, 6.45) is 5.81. The van der Waals surface area contributed by atoms with Crippen LogP contribution in [0.25, 0.3) is 0 Å². The first-order chi connectivity index (χ1) is 7.91. The number of carbonyl (C=O) groups is 2. The molecule has 0 radical (unpaired) electrons. The van der Waals surface area contributed by atoms with Crippen molar-refractivity contribution in [2.24, 2.45) is 17.6 Å². The summed E-state index contributed by atoms with van der Waals surface area (Å²) in [4.78, 5) is 19.7. The lowest BCUT2D eigenvalue weighted by molar-refractivity contribution is -0.136. The van der Waals surface area contributed by atoms with Gasteiger partial charge >= 0.3 is 12.0 Å². The number of urea groups is 1. The second-order valence-electron chi connectivity index (χ2n) is 4.81. The molecule has 1 aliphatic carbocycles. The van der Waals surface area contributed by atoms with E-state index in [4.69, 9.17) is 5.11 Å². The minimum atomic E-state index is -0.955. The smallest absolute Gasteiger partial charge is 0.312 e. The Morgan fingerprint density at radius 2 is 1.82 bits per heavy atom. The zero-order chi connectivity index (χ0) is 13.3. The van der Waals surface area contributed by atoms with Crippen LogP contribution >= 0.6 is 0 Å². The summed E-state index contributed by atoms with van der Waals surface area (Å²) in [5.74, 6) is 1.07. The molecule has 4 N–H and O–H groups in total. The summed E-state index contributed by atoms with van der Waals surface area (Å²) < 4.78 is 0. The topological polar surface area (TPSA) is 92.4 Å². The third-order valence-corrected chi connectivity index (χ3v) is 2.84. The Hall–Kier alpha value is -1.26. The highest BCUT2D eigenvalue weighted by molar-refractivity contribution is 5.73. The summed E-state index contributed by atoms with van der Waals surface area (Å²) in [6.45, 7) is 4.83. The Balaban J connectivity index is 0.000000302.